The van der Waals surface area contributed by atoms with E-state index in [1.54, 1.807) is 0 Å². The van der Waals surface area contributed by atoms with Gasteiger partial charge in [0.15, 0.2) is 0 Å². The van der Waals surface area contributed by atoms with Gasteiger partial charge in [-0.25, -0.2) is 0 Å². The van der Waals surface area contributed by atoms with Gasteiger partial charge in [0.1, 0.15) is 0 Å². The van der Waals surface area contributed by atoms with Gasteiger partial charge in [0, 0.05) is 59.1 Å². The van der Waals surface area contributed by atoms with Crippen LogP contribution in [-0.2, 0) is 22.4 Å². The lowest BCUT2D eigenvalue weighted by Crippen LogP contribution is -2.35. The minimum atomic E-state index is 0.00905. The zero-order valence-corrected chi connectivity index (χ0v) is 30.0. The summed E-state index contributed by atoms with van der Waals surface area (Å²) in [7, 11) is 0. The quantitative estimate of drug-likeness (QED) is 0.123. The monoisotopic (exact) mass is 652 g/mol. The van der Waals surface area contributed by atoms with Gasteiger partial charge < -0.3 is 20.6 Å². The van der Waals surface area contributed by atoms with Gasteiger partial charge in [0.25, 0.3) is 0 Å². The van der Waals surface area contributed by atoms with E-state index in [9.17, 15) is 9.59 Å². The Kier molecular flexibility index (Phi) is 13.2. The van der Waals surface area contributed by atoms with Gasteiger partial charge in [-0.2, -0.15) is 0 Å². The van der Waals surface area contributed by atoms with Gasteiger partial charge in [0.2, 0.25) is 11.8 Å². The number of carbonyl (C=O) groups excluding carboxylic acids is 2. The maximum absolute atomic E-state index is 12.5. The number of amides is 2. The van der Waals surface area contributed by atoms with Crippen molar-refractivity contribution in [2.75, 3.05) is 13.1 Å². The number of aromatic amines is 2. The number of hydrogen-bond donors (Lipinski definition) is 4. The van der Waals surface area contributed by atoms with Crippen molar-refractivity contribution in [3.63, 3.8) is 0 Å². The maximum Gasteiger partial charge on any atom is 0.223 e. The van der Waals surface area contributed by atoms with E-state index in [4.69, 9.17) is 0 Å². The molecular formula is C42H60N4O2. The van der Waals surface area contributed by atoms with Crippen LogP contribution in [0, 0.1) is 35.5 Å². The van der Waals surface area contributed by atoms with E-state index >= 15 is 0 Å². The molecule has 2 saturated carbocycles. The number of benzene rings is 2. The van der Waals surface area contributed by atoms with Crippen molar-refractivity contribution >= 4 is 33.6 Å². The molecule has 6 atom stereocenters. The maximum atomic E-state index is 12.5. The average molecular weight is 653 g/mol. The summed E-state index contributed by atoms with van der Waals surface area (Å²) in [5.74, 6) is 3.48. The topological polar surface area (TPSA) is 89.8 Å². The average Bonchev–Trinajstić information content (AvgIpc) is 3.73. The Bertz CT molecular complexity index is 1470. The lowest BCUT2D eigenvalue weighted by Gasteiger charge is -2.28. The van der Waals surface area contributed by atoms with Crippen molar-refractivity contribution in [2.45, 2.75) is 105 Å². The Labute approximate surface area is 288 Å². The van der Waals surface area contributed by atoms with Crippen LogP contribution in [0.25, 0.3) is 21.8 Å². The number of para-hydroxylation sites is 2. The van der Waals surface area contributed by atoms with Crippen molar-refractivity contribution in [1.29, 1.82) is 0 Å². The summed E-state index contributed by atoms with van der Waals surface area (Å²) in [5.41, 5.74) is 4.76. The summed E-state index contributed by atoms with van der Waals surface area (Å²) < 4.78 is 0. The van der Waals surface area contributed by atoms with Crippen molar-refractivity contribution in [3.8, 4) is 0 Å². The van der Waals surface area contributed by atoms with Gasteiger partial charge >= 0.3 is 0 Å². The second kappa shape index (κ2) is 17.7. The van der Waals surface area contributed by atoms with E-state index in [0.717, 1.165) is 48.8 Å². The fourth-order valence-corrected chi connectivity index (χ4v) is 8.20. The Morgan fingerprint density at radius 1 is 0.646 bits per heavy atom. The van der Waals surface area contributed by atoms with Crippen LogP contribution in [0.2, 0.25) is 0 Å². The molecule has 6 heteroatoms. The summed E-state index contributed by atoms with van der Waals surface area (Å²) >= 11 is 0. The third-order valence-corrected chi connectivity index (χ3v) is 11.4. The predicted molar refractivity (Wildman–Crippen MR) is 200 cm³/mol. The molecule has 2 fully saturated rings. The second-order valence-corrected chi connectivity index (χ2v) is 15.0. The van der Waals surface area contributed by atoms with Crippen molar-refractivity contribution in [3.05, 3.63) is 72.1 Å². The third-order valence-electron chi connectivity index (χ3n) is 11.4. The summed E-state index contributed by atoms with van der Waals surface area (Å²) in [6.45, 7) is 10.4. The highest BCUT2D eigenvalue weighted by Gasteiger charge is 2.24. The molecule has 4 N–H and O–H groups in total. The van der Waals surface area contributed by atoms with Crippen molar-refractivity contribution in [2.24, 2.45) is 35.5 Å². The summed E-state index contributed by atoms with van der Waals surface area (Å²) in [6.07, 6.45) is 18.7. The lowest BCUT2D eigenvalue weighted by atomic mass is 9.80. The molecule has 2 aliphatic rings. The molecule has 0 radical (unpaired) electrons. The molecule has 2 amide bonds. The number of carbonyl (C=O) groups is 2. The first-order valence-corrected chi connectivity index (χ1v) is 19.0. The molecule has 4 aromatic rings. The van der Waals surface area contributed by atoms with Crippen LogP contribution in [0.3, 0.4) is 0 Å². The Hall–Kier alpha value is -3.54. The molecule has 260 valence electrons. The molecule has 6 nitrogen and oxygen atoms in total. The number of nitrogens with one attached hydrogen (secondary N) is 4. The van der Waals surface area contributed by atoms with Crippen LogP contribution in [0.4, 0.5) is 0 Å². The van der Waals surface area contributed by atoms with Crippen LogP contribution in [0.1, 0.15) is 103 Å². The van der Waals surface area contributed by atoms with E-state index in [1.165, 1.54) is 86.1 Å². The highest BCUT2D eigenvalue weighted by atomic mass is 16.2. The Morgan fingerprint density at radius 3 is 1.46 bits per heavy atom. The third kappa shape index (κ3) is 9.76. The van der Waals surface area contributed by atoms with E-state index in [1.807, 2.05) is 38.4 Å². The first-order valence-electron chi connectivity index (χ1n) is 19.0. The van der Waals surface area contributed by atoms with Gasteiger partial charge in [-0.3, -0.25) is 9.59 Å². The molecule has 0 bridgehead atoms. The Morgan fingerprint density at radius 2 is 1.04 bits per heavy atom. The number of aromatic nitrogens is 2. The first-order chi connectivity index (χ1) is 23.3. The van der Waals surface area contributed by atoms with Crippen LogP contribution in [0.5, 0.6) is 0 Å². The molecule has 0 aliphatic heterocycles. The number of fused-ring (bicyclic) bond motifs is 2. The fourth-order valence-electron chi connectivity index (χ4n) is 8.20. The van der Waals surface area contributed by atoms with Gasteiger partial charge in [0.05, 0.1) is 0 Å². The highest BCUT2D eigenvalue weighted by Crippen LogP contribution is 2.32. The van der Waals surface area contributed by atoms with Crippen LogP contribution >= 0.6 is 0 Å². The SMILES string of the molecule is CC[C@@H]1CCCC(CNC(=O)[C@@H](C)Cc2c[nH]c3ccccc23)C1.CC[C@H]1CCC[C@@H](CNC(=O)[C@@H](C)Cc2c[nH]c3ccccc23)C1. The number of rotatable bonds is 12. The second-order valence-electron chi connectivity index (χ2n) is 15.0. The van der Waals surface area contributed by atoms with Crippen LogP contribution in [0.15, 0.2) is 60.9 Å². The van der Waals surface area contributed by atoms with Gasteiger partial charge in [-0.15, -0.1) is 0 Å². The Balaban J connectivity index is 0.000000188. The molecule has 48 heavy (non-hydrogen) atoms. The van der Waals surface area contributed by atoms with Gasteiger partial charge in [-0.1, -0.05) is 103 Å². The molecule has 0 saturated heterocycles. The minimum Gasteiger partial charge on any atom is -0.361 e. The summed E-state index contributed by atoms with van der Waals surface area (Å²) in [5, 5.41) is 8.88. The number of hydrogen-bond acceptors (Lipinski definition) is 2. The van der Waals surface area contributed by atoms with Crippen molar-refractivity contribution < 1.29 is 9.59 Å². The van der Waals surface area contributed by atoms with Crippen LogP contribution < -0.4 is 10.6 Å². The van der Waals surface area contributed by atoms with E-state index in [0.29, 0.717) is 11.8 Å². The smallest absolute Gasteiger partial charge is 0.223 e. The summed E-state index contributed by atoms with van der Waals surface area (Å²) in [6, 6.07) is 16.6. The van der Waals surface area contributed by atoms with E-state index in [-0.39, 0.29) is 23.7 Å². The van der Waals surface area contributed by atoms with Gasteiger partial charge in [-0.05, 0) is 85.5 Å². The standard InChI is InChI=1S/2C21H30N2O/c2*1-3-16-7-6-8-17(12-16)13-23-21(24)15(2)11-18-14-22-20-10-5-4-9-19(18)20/h2*4-5,9-10,14-17,22H,3,6-8,11-13H2,1-2H3,(H,23,24)/t15-,16+,17?;15-,16-,17+/m00/s1. The van der Waals surface area contributed by atoms with Crippen LogP contribution in [-0.4, -0.2) is 34.9 Å². The zero-order chi connectivity index (χ0) is 33.9. The molecule has 2 aromatic heterocycles. The highest BCUT2D eigenvalue weighted by molar-refractivity contribution is 5.85. The fraction of sp³-hybridized carbons (Fsp3) is 0.571. The molecule has 2 heterocycles. The largest absolute Gasteiger partial charge is 0.361 e. The molecule has 0 spiro atoms. The molecule has 1 unspecified atom stereocenters. The predicted octanol–water partition coefficient (Wildman–Crippen LogP) is 9.36. The summed E-state index contributed by atoms with van der Waals surface area (Å²) in [4.78, 5) is 31.5. The van der Waals surface area contributed by atoms with E-state index in [2.05, 4.69) is 70.8 Å². The first kappa shape index (κ1) is 35.8. The molecule has 2 aromatic carbocycles. The van der Waals surface area contributed by atoms with Crippen molar-refractivity contribution in [1.82, 2.24) is 20.6 Å². The molecule has 6 rings (SSSR count). The zero-order valence-electron chi connectivity index (χ0n) is 30.0. The molecular weight excluding hydrogens is 592 g/mol. The number of H-pyrrole nitrogens is 2. The normalized spacial score (nSPS) is 22.4. The lowest BCUT2D eigenvalue weighted by molar-refractivity contribution is -0.125. The minimum absolute atomic E-state index is 0.00905. The molecule has 2 aliphatic carbocycles. The van der Waals surface area contributed by atoms with E-state index < -0.39 is 0 Å².